The molecule has 1 saturated heterocycles. The van der Waals surface area contributed by atoms with E-state index < -0.39 is 11.4 Å². The van der Waals surface area contributed by atoms with E-state index >= 15 is 0 Å². The summed E-state index contributed by atoms with van der Waals surface area (Å²) in [5.41, 5.74) is 0.837. The zero-order valence-electron chi connectivity index (χ0n) is 12.7. The number of carboxylic acid groups (broad SMARTS) is 1. The molecule has 1 aliphatic rings. The summed E-state index contributed by atoms with van der Waals surface area (Å²) < 4.78 is 5.24. The summed E-state index contributed by atoms with van der Waals surface area (Å²) in [5.74, 6) is -0.166. The van der Waals surface area contributed by atoms with E-state index in [1.165, 1.54) is 0 Å². The van der Waals surface area contributed by atoms with Gasteiger partial charge in [0.05, 0.1) is 12.5 Å². The van der Waals surface area contributed by atoms with Crippen LogP contribution in [0.2, 0.25) is 0 Å². The third kappa shape index (κ3) is 3.01. The minimum Gasteiger partial charge on any atom is -0.496 e. The maximum atomic E-state index is 12.5. The number of piperidine rings is 1. The van der Waals surface area contributed by atoms with Gasteiger partial charge < -0.3 is 14.7 Å². The summed E-state index contributed by atoms with van der Waals surface area (Å²) in [7, 11) is 1.58. The third-order valence-corrected chi connectivity index (χ3v) is 4.33. The molecule has 0 aromatic heterocycles. The molecular weight excluding hydrogens is 270 g/mol. The number of carbonyl (C=O) groups excluding carboxylic acids is 1. The molecule has 1 aromatic rings. The Kier molecular flexibility index (Phi) is 4.21. The summed E-state index contributed by atoms with van der Waals surface area (Å²) in [6, 6.07) is 5.38. The van der Waals surface area contributed by atoms with Gasteiger partial charge in [0.25, 0.3) is 5.91 Å². The number of nitrogens with zero attached hydrogens (tertiary/aromatic N) is 1. The molecule has 0 saturated carbocycles. The number of rotatable bonds is 3. The normalized spacial score (nSPS) is 17.4. The van der Waals surface area contributed by atoms with Crippen LogP contribution in [0.15, 0.2) is 18.2 Å². The van der Waals surface area contributed by atoms with Gasteiger partial charge in [-0.3, -0.25) is 9.59 Å². The van der Waals surface area contributed by atoms with Crippen molar-refractivity contribution in [2.45, 2.75) is 26.7 Å². The average molecular weight is 291 g/mol. The van der Waals surface area contributed by atoms with Crippen LogP contribution in [0.1, 0.15) is 35.7 Å². The van der Waals surface area contributed by atoms with Crippen molar-refractivity contribution in [1.82, 2.24) is 4.90 Å². The minimum atomic E-state index is -0.786. The van der Waals surface area contributed by atoms with E-state index in [0.29, 0.717) is 37.2 Å². The SMILES string of the molecule is COc1cc(C(=O)N2CCC(C)(C(=O)O)CC2)ccc1C. The van der Waals surface area contributed by atoms with Crippen LogP contribution in [-0.4, -0.2) is 42.1 Å². The zero-order valence-corrected chi connectivity index (χ0v) is 12.7. The monoisotopic (exact) mass is 291 g/mol. The summed E-state index contributed by atoms with van der Waals surface area (Å²) in [6.07, 6.45) is 0.966. The van der Waals surface area contributed by atoms with Crippen LogP contribution in [0.3, 0.4) is 0 Å². The Hall–Kier alpha value is -2.04. The van der Waals surface area contributed by atoms with Gasteiger partial charge >= 0.3 is 5.97 Å². The lowest BCUT2D eigenvalue weighted by Gasteiger charge is -2.36. The van der Waals surface area contributed by atoms with Crippen molar-refractivity contribution >= 4 is 11.9 Å². The van der Waals surface area contributed by atoms with Crippen LogP contribution in [-0.2, 0) is 4.79 Å². The summed E-state index contributed by atoms with van der Waals surface area (Å²) in [4.78, 5) is 25.4. The van der Waals surface area contributed by atoms with E-state index in [4.69, 9.17) is 4.74 Å². The van der Waals surface area contributed by atoms with Gasteiger partial charge in [0, 0.05) is 18.7 Å². The number of carbonyl (C=O) groups is 2. The van der Waals surface area contributed by atoms with Crippen molar-refractivity contribution in [1.29, 1.82) is 0 Å². The molecule has 1 aromatic carbocycles. The largest absolute Gasteiger partial charge is 0.496 e. The molecule has 114 valence electrons. The highest BCUT2D eigenvalue weighted by Gasteiger charge is 2.38. The Morgan fingerprint density at radius 3 is 2.43 bits per heavy atom. The van der Waals surface area contributed by atoms with Crippen molar-refractivity contribution in [3.8, 4) is 5.75 Å². The summed E-state index contributed by atoms with van der Waals surface area (Å²) in [6.45, 7) is 4.61. The fraction of sp³-hybridized carbons (Fsp3) is 0.500. The van der Waals surface area contributed by atoms with Gasteiger partial charge in [-0.15, -0.1) is 0 Å². The molecule has 0 aliphatic carbocycles. The standard InChI is InChI=1S/C16H21NO4/c1-11-4-5-12(10-13(11)21-3)14(18)17-8-6-16(2,7-9-17)15(19)20/h4-5,10H,6-9H2,1-3H3,(H,19,20). The minimum absolute atomic E-state index is 0.0688. The van der Waals surface area contributed by atoms with Gasteiger partial charge in [0.1, 0.15) is 5.75 Å². The Labute approximate surface area is 124 Å². The first-order valence-electron chi connectivity index (χ1n) is 7.05. The maximum absolute atomic E-state index is 12.5. The quantitative estimate of drug-likeness (QED) is 0.928. The highest BCUT2D eigenvalue weighted by Crippen LogP contribution is 2.32. The highest BCUT2D eigenvalue weighted by atomic mass is 16.5. The number of aryl methyl sites for hydroxylation is 1. The second-order valence-corrected chi connectivity index (χ2v) is 5.84. The molecule has 5 nitrogen and oxygen atoms in total. The lowest BCUT2D eigenvalue weighted by molar-refractivity contribution is -0.150. The number of likely N-dealkylation sites (tertiary alicyclic amines) is 1. The Bertz CT molecular complexity index is 559. The van der Waals surface area contributed by atoms with Crippen molar-refractivity contribution in [3.63, 3.8) is 0 Å². The molecule has 0 unspecified atom stereocenters. The second kappa shape index (κ2) is 5.76. The molecule has 0 atom stereocenters. The smallest absolute Gasteiger partial charge is 0.309 e. The van der Waals surface area contributed by atoms with E-state index in [2.05, 4.69) is 0 Å². The molecule has 1 amide bonds. The number of methoxy groups -OCH3 is 1. The lowest BCUT2D eigenvalue weighted by atomic mass is 9.80. The fourth-order valence-electron chi connectivity index (χ4n) is 2.55. The van der Waals surface area contributed by atoms with Crippen molar-refractivity contribution in [2.75, 3.05) is 20.2 Å². The van der Waals surface area contributed by atoms with E-state index in [-0.39, 0.29) is 5.91 Å². The van der Waals surface area contributed by atoms with Crippen LogP contribution >= 0.6 is 0 Å². The van der Waals surface area contributed by atoms with Crippen LogP contribution in [0.4, 0.5) is 0 Å². The van der Waals surface area contributed by atoms with Gasteiger partial charge in [0.15, 0.2) is 0 Å². The molecule has 1 fully saturated rings. The van der Waals surface area contributed by atoms with Gasteiger partial charge in [0.2, 0.25) is 0 Å². The Morgan fingerprint density at radius 2 is 1.90 bits per heavy atom. The molecule has 5 heteroatoms. The molecule has 0 spiro atoms. The van der Waals surface area contributed by atoms with Crippen LogP contribution in [0.25, 0.3) is 0 Å². The number of aliphatic carboxylic acids is 1. The van der Waals surface area contributed by atoms with Crippen LogP contribution in [0, 0.1) is 12.3 Å². The average Bonchev–Trinajstić information content (AvgIpc) is 2.47. The van der Waals surface area contributed by atoms with E-state index in [1.54, 1.807) is 31.1 Å². The molecule has 0 radical (unpaired) electrons. The number of ether oxygens (including phenoxy) is 1. The van der Waals surface area contributed by atoms with Gasteiger partial charge in [-0.1, -0.05) is 6.07 Å². The van der Waals surface area contributed by atoms with Crippen LogP contribution in [0.5, 0.6) is 5.75 Å². The van der Waals surface area contributed by atoms with Crippen molar-refractivity contribution < 1.29 is 19.4 Å². The highest BCUT2D eigenvalue weighted by molar-refractivity contribution is 5.95. The number of benzene rings is 1. The third-order valence-electron chi connectivity index (χ3n) is 4.33. The van der Waals surface area contributed by atoms with Crippen molar-refractivity contribution in [2.24, 2.45) is 5.41 Å². The molecule has 21 heavy (non-hydrogen) atoms. The maximum Gasteiger partial charge on any atom is 0.309 e. The van der Waals surface area contributed by atoms with Gasteiger partial charge in [-0.25, -0.2) is 0 Å². The van der Waals surface area contributed by atoms with E-state index in [1.807, 2.05) is 13.0 Å². The topological polar surface area (TPSA) is 66.8 Å². The van der Waals surface area contributed by atoms with Gasteiger partial charge in [-0.2, -0.15) is 0 Å². The van der Waals surface area contributed by atoms with Crippen LogP contribution < -0.4 is 4.74 Å². The zero-order chi connectivity index (χ0) is 15.6. The fourth-order valence-corrected chi connectivity index (χ4v) is 2.55. The molecule has 1 N–H and O–H groups in total. The first-order valence-corrected chi connectivity index (χ1v) is 7.05. The molecule has 2 rings (SSSR count). The molecule has 0 bridgehead atoms. The summed E-state index contributed by atoms with van der Waals surface area (Å²) >= 11 is 0. The first-order chi connectivity index (χ1) is 9.87. The first kappa shape index (κ1) is 15.4. The van der Waals surface area contributed by atoms with Gasteiger partial charge in [-0.05, 0) is 44.4 Å². The Balaban J connectivity index is 2.10. The predicted molar refractivity (Wildman–Crippen MR) is 78.6 cm³/mol. The second-order valence-electron chi connectivity index (χ2n) is 5.84. The lowest BCUT2D eigenvalue weighted by Crippen LogP contribution is -2.45. The number of amides is 1. The Morgan fingerprint density at radius 1 is 1.29 bits per heavy atom. The molecule has 1 aliphatic heterocycles. The van der Waals surface area contributed by atoms with E-state index in [9.17, 15) is 14.7 Å². The van der Waals surface area contributed by atoms with E-state index in [0.717, 1.165) is 5.56 Å². The molecular formula is C16H21NO4. The number of hydrogen-bond acceptors (Lipinski definition) is 3. The predicted octanol–water partition coefficient (Wildman–Crippen LogP) is 2.33. The summed E-state index contributed by atoms with van der Waals surface area (Å²) in [5, 5.41) is 9.22. The number of hydrogen-bond donors (Lipinski definition) is 1. The van der Waals surface area contributed by atoms with Crippen molar-refractivity contribution in [3.05, 3.63) is 29.3 Å². The molecule has 1 heterocycles. The number of carboxylic acids is 1.